The molecule has 0 aliphatic carbocycles. The van der Waals surface area contributed by atoms with Gasteiger partial charge in [-0.1, -0.05) is 25.1 Å². The van der Waals surface area contributed by atoms with Crippen LogP contribution in [0, 0.1) is 6.92 Å². The van der Waals surface area contributed by atoms with Crippen molar-refractivity contribution in [2.75, 3.05) is 48.8 Å². The lowest BCUT2D eigenvalue weighted by atomic mass is 10.2. The fourth-order valence-corrected chi connectivity index (χ4v) is 3.36. The Hall–Kier alpha value is -3.66. The molecule has 10 nitrogen and oxygen atoms in total. The molecular formula is C22H27N9O. The lowest BCUT2D eigenvalue weighted by Gasteiger charge is -2.32. The second-order valence-electron chi connectivity index (χ2n) is 7.65. The number of amides is 1. The standard InChI is InChI=1S/C22H27N9O/c1-4-17-26-21(29-22(28-17)31-12-10-30(3)11-13-31)27-18-14-23-19(15(2)24-18)20(32)25-16-8-6-5-7-9-16/h5-9,14H,4,10-13H2,1-3H3,(H,25,32)(H,24,26,27,28,29). The number of aromatic nitrogens is 5. The van der Waals surface area contributed by atoms with Crippen molar-refractivity contribution in [1.29, 1.82) is 0 Å². The second-order valence-corrected chi connectivity index (χ2v) is 7.65. The number of likely N-dealkylation sites (N-methyl/N-ethyl adjacent to an activating group) is 1. The minimum atomic E-state index is -0.307. The predicted molar refractivity (Wildman–Crippen MR) is 123 cm³/mol. The van der Waals surface area contributed by atoms with Crippen molar-refractivity contribution in [3.8, 4) is 0 Å². The molecule has 1 amide bonds. The molecule has 166 valence electrons. The highest BCUT2D eigenvalue weighted by molar-refractivity contribution is 6.03. The number of nitrogens with one attached hydrogen (secondary N) is 2. The fraction of sp³-hybridized carbons (Fsp3) is 0.364. The number of hydrogen-bond donors (Lipinski definition) is 2. The maximum Gasteiger partial charge on any atom is 0.276 e. The molecule has 3 aromatic rings. The van der Waals surface area contributed by atoms with Gasteiger partial charge >= 0.3 is 0 Å². The second kappa shape index (κ2) is 9.65. The molecule has 10 heteroatoms. The molecule has 0 unspecified atom stereocenters. The van der Waals surface area contributed by atoms with E-state index in [0.29, 0.717) is 41.3 Å². The average Bonchev–Trinajstić information content (AvgIpc) is 2.80. The number of benzene rings is 1. The molecule has 0 spiro atoms. The number of para-hydroxylation sites is 1. The van der Waals surface area contributed by atoms with Gasteiger partial charge in [-0.25, -0.2) is 9.97 Å². The molecule has 3 heterocycles. The first-order valence-electron chi connectivity index (χ1n) is 10.7. The van der Waals surface area contributed by atoms with E-state index in [-0.39, 0.29) is 11.6 Å². The first-order chi connectivity index (χ1) is 15.5. The maximum atomic E-state index is 12.6. The smallest absolute Gasteiger partial charge is 0.276 e. The van der Waals surface area contributed by atoms with Crippen molar-refractivity contribution < 1.29 is 4.79 Å². The fourth-order valence-electron chi connectivity index (χ4n) is 3.36. The lowest BCUT2D eigenvalue weighted by molar-refractivity contribution is 0.102. The van der Waals surface area contributed by atoms with Crippen LogP contribution in [-0.2, 0) is 6.42 Å². The summed E-state index contributed by atoms with van der Waals surface area (Å²) in [5.41, 5.74) is 1.48. The van der Waals surface area contributed by atoms with Gasteiger partial charge < -0.3 is 20.4 Å². The van der Waals surface area contributed by atoms with Crippen LogP contribution < -0.4 is 15.5 Å². The van der Waals surface area contributed by atoms with Gasteiger partial charge in [0, 0.05) is 38.3 Å². The van der Waals surface area contributed by atoms with Crippen LogP contribution in [0.4, 0.5) is 23.4 Å². The van der Waals surface area contributed by atoms with Crippen LogP contribution in [0.5, 0.6) is 0 Å². The van der Waals surface area contributed by atoms with E-state index in [1.165, 1.54) is 6.20 Å². The normalized spacial score (nSPS) is 14.3. The minimum absolute atomic E-state index is 0.266. The number of aryl methyl sites for hydroxylation is 2. The van der Waals surface area contributed by atoms with E-state index in [1.807, 2.05) is 37.3 Å². The molecule has 1 aromatic carbocycles. The summed E-state index contributed by atoms with van der Waals surface area (Å²) in [6.45, 7) is 7.43. The predicted octanol–water partition coefficient (Wildman–Crippen LogP) is 2.28. The largest absolute Gasteiger partial charge is 0.338 e. The highest BCUT2D eigenvalue weighted by atomic mass is 16.1. The summed E-state index contributed by atoms with van der Waals surface area (Å²) in [7, 11) is 2.11. The number of rotatable bonds is 6. The molecule has 2 N–H and O–H groups in total. The van der Waals surface area contributed by atoms with Gasteiger partial charge in [-0.2, -0.15) is 15.0 Å². The topological polar surface area (TPSA) is 112 Å². The van der Waals surface area contributed by atoms with Crippen molar-refractivity contribution >= 4 is 29.3 Å². The van der Waals surface area contributed by atoms with E-state index < -0.39 is 0 Å². The van der Waals surface area contributed by atoms with E-state index in [1.54, 1.807) is 6.92 Å². The number of nitrogens with zero attached hydrogens (tertiary/aromatic N) is 7. The van der Waals surface area contributed by atoms with E-state index in [9.17, 15) is 4.79 Å². The molecule has 1 fully saturated rings. The summed E-state index contributed by atoms with van der Waals surface area (Å²) in [4.78, 5) is 39.5. The van der Waals surface area contributed by atoms with Crippen molar-refractivity contribution in [3.05, 3.63) is 53.7 Å². The summed E-state index contributed by atoms with van der Waals surface area (Å²) < 4.78 is 0. The molecular weight excluding hydrogens is 406 g/mol. The summed E-state index contributed by atoms with van der Waals surface area (Å²) in [5.74, 6) is 1.95. The minimum Gasteiger partial charge on any atom is -0.338 e. The zero-order valence-electron chi connectivity index (χ0n) is 18.5. The Morgan fingerprint density at radius 3 is 2.47 bits per heavy atom. The Morgan fingerprint density at radius 1 is 1.03 bits per heavy atom. The van der Waals surface area contributed by atoms with E-state index >= 15 is 0 Å². The third kappa shape index (κ3) is 5.14. The number of carbonyl (C=O) groups is 1. The van der Waals surface area contributed by atoms with Crippen LogP contribution in [-0.4, -0.2) is 69.0 Å². The van der Waals surface area contributed by atoms with Crippen molar-refractivity contribution in [1.82, 2.24) is 29.8 Å². The van der Waals surface area contributed by atoms with Crippen LogP contribution in [0.1, 0.15) is 28.9 Å². The van der Waals surface area contributed by atoms with Crippen LogP contribution in [0.25, 0.3) is 0 Å². The Kier molecular flexibility index (Phi) is 6.50. The van der Waals surface area contributed by atoms with Gasteiger partial charge in [0.15, 0.2) is 5.82 Å². The highest BCUT2D eigenvalue weighted by Crippen LogP contribution is 2.17. The molecule has 0 saturated carbocycles. The Labute approximate surface area is 187 Å². The van der Waals surface area contributed by atoms with Gasteiger partial charge in [0.2, 0.25) is 11.9 Å². The number of hydrogen-bond acceptors (Lipinski definition) is 9. The monoisotopic (exact) mass is 433 g/mol. The molecule has 1 aliphatic rings. The molecule has 0 radical (unpaired) electrons. The Morgan fingerprint density at radius 2 is 1.78 bits per heavy atom. The quantitative estimate of drug-likeness (QED) is 0.604. The van der Waals surface area contributed by atoms with Crippen LogP contribution in [0.3, 0.4) is 0 Å². The SMILES string of the molecule is CCc1nc(Nc2cnc(C(=O)Nc3ccccc3)c(C)n2)nc(N2CCN(C)CC2)n1. The van der Waals surface area contributed by atoms with E-state index in [4.69, 9.17) is 0 Å². The maximum absolute atomic E-state index is 12.6. The van der Waals surface area contributed by atoms with Crippen LogP contribution in [0.2, 0.25) is 0 Å². The summed E-state index contributed by atoms with van der Waals surface area (Å²) in [6.07, 6.45) is 2.21. The van der Waals surface area contributed by atoms with Crippen LogP contribution >= 0.6 is 0 Å². The Bertz CT molecular complexity index is 1080. The molecule has 1 saturated heterocycles. The van der Waals surface area contributed by atoms with Gasteiger partial charge in [-0.05, 0) is 26.1 Å². The van der Waals surface area contributed by atoms with Gasteiger partial charge in [-0.15, -0.1) is 0 Å². The molecule has 32 heavy (non-hydrogen) atoms. The lowest BCUT2D eigenvalue weighted by Crippen LogP contribution is -2.45. The Balaban J connectivity index is 1.50. The van der Waals surface area contributed by atoms with Crippen molar-refractivity contribution in [2.24, 2.45) is 0 Å². The summed E-state index contributed by atoms with van der Waals surface area (Å²) in [5, 5.41) is 5.95. The van der Waals surface area contributed by atoms with Gasteiger partial charge in [0.05, 0.1) is 11.9 Å². The first-order valence-corrected chi connectivity index (χ1v) is 10.7. The van der Waals surface area contributed by atoms with Crippen molar-refractivity contribution in [3.63, 3.8) is 0 Å². The zero-order chi connectivity index (χ0) is 22.5. The third-order valence-electron chi connectivity index (χ3n) is 5.21. The third-order valence-corrected chi connectivity index (χ3v) is 5.21. The molecule has 0 atom stereocenters. The van der Waals surface area contributed by atoms with Gasteiger partial charge in [0.1, 0.15) is 11.5 Å². The van der Waals surface area contributed by atoms with E-state index in [2.05, 4.69) is 52.4 Å². The van der Waals surface area contributed by atoms with Crippen molar-refractivity contribution in [2.45, 2.75) is 20.3 Å². The van der Waals surface area contributed by atoms with Gasteiger partial charge in [-0.3, -0.25) is 4.79 Å². The number of piperazine rings is 1. The first kappa shape index (κ1) is 21.6. The van der Waals surface area contributed by atoms with E-state index in [0.717, 1.165) is 26.2 Å². The highest BCUT2D eigenvalue weighted by Gasteiger charge is 2.19. The molecule has 0 bridgehead atoms. The number of anilines is 4. The van der Waals surface area contributed by atoms with Gasteiger partial charge in [0.25, 0.3) is 5.91 Å². The summed E-state index contributed by atoms with van der Waals surface area (Å²) in [6, 6.07) is 9.25. The molecule has 4 rings (SSSR count). The zero-order valence-corrected chi connectivity index (χ0v) is 18.5. The average molecular weight is 434 g/mol. The van der Waals surface area contributed by atoms with Crippen LogP contribution in [0.15, 0.2) is 36.5 Å². The number of carbonyl (C=O) groups excluding carboxylic acids is 1. The molecule has 1 aliphatic heterocycles. The molecule has 2 aromatic heterocycles. The summed E-state index contributed by atoms with van der Waals surface area (Å²) >= 11 is 0.